The molecule has 1 aromatic rings. The molecule has 2 rings (SSSR count). The number of amides is 1. The van der Waals surface area contributed by atoms with Gasteiger partial charge < -0.3 is 10.6 Å². The minimum atomic E-state index is -0.0378. The van der Waals surface area contributed by atoms with Gasteiger partial charge in [0.2, 0.25) is 5.91 Å². The Hall–Kier alpha value is -1.39. The van der Waals surface area contributed by atoms with Gasteiger partial charge in [0.05, 0.1) is 0 Å². The minimum absolute atomic E-state index is 0.0378. The average molecular weight is 317 g/mol. The highest BCUT2D eigenvalue weighted by molar-refractivity contribution is 5.93. The van der Waals surface area contributed by atoms with E-state index in [2.05, 4.69) is 34.7 Å². The van der Waals surface area contributed by atoms with Crippen LogP contribution in [0.5, 0.6) is 0 Å². The van der Waals surface area contributed by atoms with Crippen molar-refractivity contribution >= 4 is 11.6 Å². The summed E-state index contributed by atoms with van der Waals surface area (Å²) in [5, 5.41) is 6.15. The van der Waals surface area contributed by atoms with Crippen molar-refractivity contribution in [3.8, 4) is 0 Å². The molecule has 1 aromatic carbocycles. The van der Waals surface area contributed by atoms with E-state index in [0.717, 1.165) is 12.2 Å². The predicted octanol–water partition coefficient (Wildman–Crippen LogP) is 3.25. The lowest BCUT2D eigenvalue weighted by Gasteiger charge is -2.31. The first kappa shape index (κ1) is 18.0. The molecule has 1 unspecified atom stereocenters. The second-order valence-corrected chi connectivity index (χ2v) is 6.81. The first-order valence-electron chi connectivity index (χ1n) is 8.85. The number of rotatable bonds is 7. The van der Waals surface area contributed by atoms with Gasteiger partial charge in [0.15, 0.2) is 0 Å². The standard InChI is InChI=1S/C19H31N3O/c1-15(13-20-2)19(23)21-18-12-8-7-9-16(18)14-22(3)17-10-5-4-6-11-17/h7-9,12,15,17,20H,4-6,10-11,13-14H2,1-3H3,(H,21,23). The number of benzene rings is 1. The van der Waals surface area contributed by atoms with E-state index in [1.54, 1.807) is 0 Å². The van der Waals surface area contributed by atoms with Crippen molar-refractivity contribution in [3.63, 3.8) is 0 Å². The van der Waals surface area contributed by atoms with Crippen molar-refractivity contribution < 1.29 is 4.79 Å². The fourth-order valence-electron chi connectivity index (χ4n) is 3.35. The molecule has 1 amide bonds. The van der Waals surface area contributed by atoms with E-state index in [1.807, 2.05) is 26.1 Å². The number of carbonyl (C=O) groups excluding carboxylic acids is 1. The second-order valence-electron chi connectivity index (χ2n) is 6.81. The van der Waals surface area contributed by atoms with Gasteiger partial charge in [0, 0.05) is 30.7 Å². The van der Waals surface area contributed by atoms with E-state index in [1.165, 1.54) is 37.7 Å². The van der Waals surface area contributed by atoms with Crippen molar-refractivity contribution in [2.45, 2.75) is 51.6 Å². The minimum Gasteiger partial charge on any atom is -0.326 e. The van der Waals surface area contributed by atoms with Gasteiger partial charge in [-0.15, -0.1) is 0 Å². The fraction of sp³-hybridized carbons (Fsp3) is 0.632. The van der Waals surface area contributed by atoms with Gasteiger partial charge in [-0.25, -0.2) is 0 Å². The molecule has 0 saturated heterocycles. The van der Waals surface area contributed by atoms with E-state index >= 15 is 0 Å². The van der Waals surface area contributed by atoms with Crippen molar-refractivity contribution in [2.75, 3.05) is 26.0 Å². The molecule has 4 nitrogen and oxygen atoms in total. The van der Waals surface area contributed by atoms with Crippen molar-refractivity contribution in [1.82, 2.24) is 10.2 Å². The summed E-state index contributed by atoms with van der Waals surface area (Å²) < 4.78 is 0. The van der Waals surface area contributed by atoms with E-state index in [0.29, 0.717) is 12.6 Å². The number of nitrogens with one attached hydrogen (secondary N) is 2. The summed E-state index contributed by atoms with van der Waals surface area (Å²) in [5.74, 6) is 0.0382. The molecule has 1 fully saturated rings. The molecule has 0 bridgehead atoms. The van der Waals surface area contributed by atoms with Crippen LogP contribution in [-0.2, 0) is 11.3 Å². The van der Waals surface area contributed by atoms with E-state index in [4.69, 9.17) is 0 Å². The Morgan fingerprint density at radius 2 is 1.96 bits per heavy atom. The van der Waals surface area contributed by atoms with Gasteiger partial charge in [0.25, 0.3) is 0 Å². The maximum Gasteiger partial charge on any atom is 0.228 e. The SMILES string of the molecule is CNCC(C)C(=O)Nc1ccccc1CN(C)C1CCCCC1. The van der Waals surface area contributed by atoms with Gasteiger partial charge in [-0.2, -0.15) is 0 Å². The average Bonchev–Trinajstić information content (AvgIpc) is 2.57. The molecular formula is C19H31N3O. The number of para-hydroxylation sites is 1. The summed E-state index contributed by atoms with van der Waals surface area (Å²) in [6, 6.07) is 8.85. The third-order valence-electron chi connectivity index (χ3n) is 4.85. The summed E-state index contributed by atoms with van der Waals surface area (Å²) in [7, 11) is 4.08. The lowest BCUT2D eigenvalue weighted by atomic mass is 9.94. The molecule has 23 heavy (non-hydrogen) atoms. The Bertz CT molecular complexity index is 497. The quantitative estimate of drug-likeness (QED) is 0.811. The Labute approximate surface area is 140 Å². The molecule has 1 aliphatic carbocycles. The molecule has 128 valence electrons. The lowest BCUT2D eigenvalue weighted by Crippen LogP contribution is -2.33. The van der Waals surface area contributed by atoms with Crippen LogP contribution in [-0.4, -0.2) is 37.5 Å². The number of carbonyl (C=O) groups is 1. The molecule has 0 aromatic heterocycles. The van der Waals surface area contributed by atoms with Gasteiger partial charge >= 0.3 is 0 Å². The normalized spacial score (nSPS) is 17.2. The lowest BCUT2D eigenvalue weighted by molar-refractivity contribution is -0.119. The molecule has 2 N–H and O–H groups in total. The number of hydrogen-bond acceptors (Lipinski definition) is 3. The zero-order valence-corrected chi connectivity index (χ0v) is 14.8. The van der Waals surface area contributed by atoms with Crippen molar-refractivity contribution in [3.05, 3.63) is 29.8 Å². The Morgan fingerprint density at radius 3 is 2.65 bits per heavy atom. The van der Waals surface area contributed by atoms with E-state index < -0.39 is 0 Å². The fourth-order valence-corrected chi connectivity index (χ4v) is 3.35. The van der Waals surface area contributed by atoms with Crippen LogP contribution < -0.4 is 10.6 Å². The van der Waals surface area contributed by atoms with Crippen LogP contribution in [0.25, 0.3) is 0 Å². The molecular weight excluding hydrogens is 286 g/mol. The molecule has 4 heteroatoms. The van der Waals surface area contributed by atoms with Crippen LogP contribution in [0.1, 0.15) is 44.6 Å². The number of anilines is 1. The third-order valence-corrected chi connectivity index (χ3v) is 4.85. The zero-order chi connectivity index (χ0) is 16.7. The van der Waals surface area contributed by atoms with Gasteiger partial charge in [-0.1, -0.05) is 44.4 Å². The summed E-state index contributed by atoms with van der Waals surface area (Å²) in [4.78, 5) is 14.7. The molecule has 1 saturated carbocycles. The molecule has 1 atom stereocenters. The molecule has 0 spiro atoms. The third kappa shape index (κ3) is 5.33. The van der Waals surface area contributed by atoms with Crippen LogP contribution in [0.4, 0.5) is 5.69 Å². The summed E-state index contributed by atoms with van der Waals surface area (Å²) in [6.45, 7) is 3.53. The van der Waals surface area contributed by atoms with E-state index in [9.17, 15) is 4.79 Å². The first-order valence-corrected chi connectivity index (χ1v) is 8.85. The van der Waals surface area contributed by atoms with Crippen LogP contribution >= 0.6 is 0 Å². The first-order chi connectivity index (χ1) is 11.1. The second kappa shape index (κ2) is 9.04. The Morgan fingerprint density at radius 1 is 1.26 bits per heavy atom. The topological polar surface area (TPSA) is 44.4 Å². The predicted molar refractivity (Wildman–Crippen MR) is 96.5 cm³/mol. The monoisotopic (exact) mass is 317 g/mol. The van der Waals surface area contributed by atoms with Crippen LogP contribution in [0, 0.1) is 5.92 Å². The van der Waals surface area contributed by atoms with Gasteiger partial charge in [-0.05, 0) is 38.6 Å². The Balaban J connectivity index is 2.00. The van der Waals surface area contributed by atoms with Gasteiger partial charge in [-0.3, -0.25) is 9.69 Å². The van der Waals surface area contributed by atoms with E-state index in [-0.39, 0.29) is 11.8 Å². The highest BCUT2D eigenvalue weighted by atomic mass is 16.1. The maximum absolute atomic E-state index is 12.3. The highest BCUT2D eigenvalue weighted by Gasteiger charge is 2.19. The maximum atomic E-state index is 12.3. The summed E-state index contributed by atoms with van der Waals surface area (Å²) in [5.41, 5.74) is 2.15. The zero-order valence-electron chi connectivity index (χ0n) is 14.8. The van der Waals surface area contributed by atoms with Crippen molar-refractivity contribution in [1.29, 1.82) is 0 Å². The summed E-state index contributed by atoms with van der Waals surface area (Å²) >= 11 is 0. The van der Waals surface area contributed by atoms with Crippen LogP contribution in [0.15, 0.2) is 24.3 Å². The Kier molecular flexibility index (Phi) is 7.06. The molecule has 0 radical (unpaired) electrons. The number of nitrogens with zero attached hydrogens (tertiary/aromatic N) is 1. The highest BCUT2D eigenvalue weighted by Crippen LogP contribution is 2.25. The number of hydrogen-bond donors (Lipinski definition) is 2. The molecule has 0 heterocycles. The van der Waals surface area contributed by atoms with Crippen molar-refractivity contribution in [2.24, 2.45) is 5.92 Å². The van der Waals surface area contributed by atoms with Crippen LogP contribution in [0.2, 0.25) is 0 Å². The smallest absolute Gasteiger partial charge is 0.228 e. The summed E-state index contributed by atoms with van der Waals surface area (Å²) in [6.07, 6.45) is 6.65. The molecule has 0 aliphatic heterocycles. The van der Waals surface area contributed by atoms with Crippen LogP contribution in [0.3, 0.4) is 0 Å². The van der Waals surface area contributed by atoms with Gasteiger partial charge in [0.1, 0.15) is 0 Å². The largest absolute Gasteiger partial charge is 0.326 e. The molecule has 1 aliphatic rings.